The number of hydrogen-bond donors (Lipinski definition) is 3. The molecule has 0 radical (unpaired) electrons. The second kappa shape index (κ2) is 7.44. The molecule has 1 aliphatic rings. The topological polar surface area (TPSA) is 143 Å². The lowest BCUT2D eigenvalue weighted by atomic mass is 10.1. The summed E-state index contributed by atoms with van der Waals surface area (Å²) in [5.41, 5.74) is 1.08. The maximum Gasteiger partial charge on any atom is 0.162 e. The van der Waals surface area contributed by atoms with Crippen molar-refractivity contribution in [2.45, 2.75) is 18.2 Å². The number of aromatic nitrogens is 4. The number of amidine groups is 1. The molecule has 0 bridgehead atoms. The van der Waals surface area contributed by atoms with E-state index >= 15 is 0 Å². The van der Waals surface area contributed by atoms with Crippen molar-refractivity contribution in [3.05, 3.63) is 42.2 Å². The van der Waals surface area contributed by atoms with E-state index in [1.165, 1.54) is 32.6 Å². The van der Waals surface area contributed by atoms with Gasteiger partial charge in [-0.3, -0.25) is 5.41 Å². The number of ether oxygens (including phenoxy) is 1. The van der Waals surface area contributed by atoms with Gasteiger partial charge in [-0.05, 0) is 13.0 Å². The van der Waals surface area contributed by atoms with Crippen LogP contribution in [0.3, 0.4) is 0 Å². The van der Waals surface area contributed by atoms with Crippen LogP contribution < -0.4 is 15.4 Å². The first-order valence-electron chi connectivity index (χ1n) is 8.92. The van der Waals surface area contributed by atoms with Crippen molar-refractivity contribution in [3.8, 4) is 5.75 Å². The molecule has 2 atom stereocenters. The van der Waals surface area contributed by atoms with Crippen molar-refractivity contribution in [1.29, 1.82) is 5.41 Å². The highest BCUT2D eigenvalue weighted by molar-refractivity contribution is 7.92. The Morgan fingerprint density at radius 2 is 2.03 bits per heavy atom. The first kappa shape index (κ1) is 19.9. The summed E-state index contributed by atoms with van der Waals surface area (Å²) in [7, 11) is -2.05. The number of methoxy groups -OCH3 is 1. The number of hydrogen-bond acceptors (Lipinski definition) is 9. The number of anilines is 2. The van der Waals surface area contributed by atoms with Gasteiger partial charge in [-0.1, -0.05) is 0 Å². The van der Waals surface area contributed by atoms with Gasteiger partial charge >= 0.3 is 0 Å². The zero-order chi connectivity index (χ0) is 21.5. The maximum absolute atomic E-state index is 14.5. The van der Waals surface area contributed by atoms with Crippen LogP contribution in [-0.2, 0) is 9.84 Å². The average molecular weight is 431 g/mol. The number of pyridine rings is 2. The molecule has 12 heteroatoms. The molecule has 1 saturated heterocycles. The molecule has 4 heterocycles. The van der Waals surface area contributed by atoms with E-state index in [0.717, 1.165) is 6.20 Å². The van der Waals surface area contributed by atoms with E-state index in [2.05, 4.69) is 30.6 Å². The summed E-state index contributed by atoms with van der Waals surface area (Å²) < 4.78 is 44.2. The quantitative estimate of drug-likeness (QED) is 0.563. The predicted octanol–water partition coefficient (Wildman–Crippen LogP) is 1.74. The van der Waals surface area contributed by atoms with Crippen LogP contribution in [0.4, 0.5) is 16.0 Å². The number of fused-ring (bicyclic) bond motifs is 1. The van der Waals surface area contributed by atoms with Crippen LogP contribution in [0.15, 0.2) is 30.9 Å². The van der Waals surface area contributed by atoms with Crippen LogP contribution in [0.25, 0.3) is 11.0 Å². The van der Waals surface area contributed by atoms with E-state index in [9.17, 15) is 12.8 Å². The van der Waals surface area contributed by atoms with E-state index in [-0.39, 0.29) is 23.0 Å². The van der Waals surface area contributed by atoms with Gasteiger partial charge in [0.2, 0.25) is 0 Å². The van der Waals surface area contributed by atoms with Crippen molar-refractivity contribution in [2.75, 3.05) is 18.2 Å². The van der Waals surface area contributed by atoms with Gasteiger partial charge in [0.05, 0.1) is 36.8 Å². The Labute approximate surface area is 171 Å². The molecule has 3 aromatic heterocycles. The first-order chi connectivity index (χ1) is 14.3. The highest BCUT2D eigenvalue weighted by atomic mass is 32.2. The van der Waals surface area contributed by atoms with E-state index < -0.39 is 26.9 Å². The maximum atomic E-state index is 14.5. The van der Waals surface area contributed by atoms with Crippen LogP contribution in [0.1, 0.15) is 18.5 Å². The summed E-state index contributed by atoms with van der Waals surface area (Å²) in [6.07, 6.45) is 3.85. The van der Waals surface area contributed by atoms with Crippen LogP contribution >= 0.6 is 0 Å². The van der Waals surface area contributed by atoms with E-state index in [4.69, 9.17) is 10.1 Å². The lowest BCUT2D eigenvalue weighted by molar-refractivity contribution is 0.413. The molecule has 0 saturated carbocycles. The molecule has 1 unspecified atom stereocenters. The summed E-state index contributed by atoms with van der Waals surface area (Å²) in [5.74, 6) is -0.0421. The van der Waals surface area contributed by atoms with Gasteiger partial charge in [0.1, 0.15) is 40.3 Å². The van der Waals surface area contributed by atoms with Gasteiger partial charge in [0.15, 0.2) is 15.7 Å². The number of sulfone groups is 1. The number of nitrogens with zero attached hydrogens (tertiary/aromatic N) is 4. The lowest BCUT2D eigenvalue weighted by Crippen LogP contribution is -2.49. The lowest BCUT2D eigenvalue weighted by Gasteiger charge is -2.30. The molecular formula is C18H18FN7O3S. The molecule has 1 fully saturated rings. The summed E-state index contributed by atoms with van der Waals surface area (Å²) in [4.78, 5) is 16.6. The van der Waals surface area contributed by atoms with Gasteiger partial charge in [-0.2, -0.15) is 0 Å². The highest BCUT2D eigenvalue weighted by Gasteiger charge is 2.36. The molecule has 0 spiro atoms. The van der Waals surface area contributed by atoms with Gasteiger partial charge in [0, 0.05) is 11.6 Å². The molecule has 3 aromatic rings. The van der Waals surface area contributed by atoms with Gasteiger partial charge < -0.3 is 15.4 Å². The SMILES string of the molecule is COc1cnc2c(Nc3cc(C4CS(=O)(=O)[C@H](C)C(=N)N4)c(F)cn3)ncnc2c1. The van der Waals surface area contributed by atoms with Crippen molar-refractivity contribution in [1.82, 2.24) is 25.3 Å². The largest absolute Gasteiger partial charge is 0.495 e. The molecular weight excluding hydrogens is 413 g/mol. The number of rotatable bonds is 4. The van der Waals surface area contributed by atoms with Crippen molar-refractivity contribution in [2.24, 2.45) is 0 Å². The molecule has 0 amide bonds. The number of nitrogens with one attached hydrogen (secondary N) is 3. The third-order valence-electron chi connectivity index (χ3n) is 4.87. The van der Waals surface area contributed by atoms with Crippen LogP contribution in [0.2, 0.25) is 0 Å². The minimum absolute atomic E-state index is 0.0840. The fourth-order valence-corrected chi connectivity index (χ4v) is 4.55. The summed E-state index contributed by atoms with van der Waals surface area (Å²) in [6, 6.07) is 2.19. The van der Waals surface area contributed by atoms with Crippen molar-refractivity contribution < 1.29 is 17.5 Å². The van der Waals surface area contributed by atoms with Gasteiger partial charge in [-0.15, -0.1) is 0 Å². The van der Waals surface area contributed by atoms with E-state index in [0.29, 0.717) is 22.6 Å². The fraction of sp³-hybridized carbons (Fsp3) is 0.278. The average Bonchev–Trinajstić information content (AvgIpc) is 2.72. The third kappa shape index (κ3) is 3.61. The molecule has 3 N–H and O–H groups in total. The summed E-state index contributed by atoms with van der Waals surface area (Å²) in [5, 5.41) is 12.7. The standard InChI is InChI=1S/C18H18FN7O3S/c1-9-17(20)25-14(7-30(9,27)28)11-4-15(21-6-12(11)19)26-18-16-13(23-8-24-18)3-10(29-2)5-22-16/h3-6,8-9,14H,7H2,1-2H3,(H2,20,25)(H,21,23,24,26)/t9-,14?/m1/s1. The van der Waals surface area contributed by atoms with Crippen molar-refractivity contribution in [3.63, 3.8) is 0 Å². The first-order valence-corrected chi connectivity index (χ1v) is 10.6. The van der Waals surface area contributed by atoms with E-state index in [1.807, 2.05) is 0 Å². The molecule has 10 nitrogen and oxygen atoms in total. The Bertz CT molecular complexity index is 1250. The zero-order valence-electron chi connectivity index (χ0n) is 16.0. The second-order valence-electron chi connectivity index (χ2n) is 6.76. The minimum Gasteiger partial charge on any atom is -0.495 e. The van der Waals surface area contributed by atoms with Crippen LogP contribution in [-0.4, -0.2) is 52.3 Å². The Morgan fingerprint density at radius 3 is 2.77 bits per heavy atom. The fourth-order valence-electron chi connectivity index (χ4n) is 3.11. The van der Waals surface area contributed by atoms with Gasteiger partial charge in [0.25, 0.3) is 0 Å². The Hall–Kier alpha value is -3.41. The van der Waals surface area contributed by atoms with Crippen LogP contribution in [0, 0.1) is 11.2 Å². The molecule has 4 rings (SSSR count). The third-order valence-corrected chi connectivity index (χ3v) is 6.98. The molecule has 30 heavy (non-hydrogen) atoms. The highest BCUT2D eigenvalue weighted by Crippen LogP contribution is 2.28. The zero-order valence-corrected chi connectivity index (χ0v) is 16.9. The Balaban J connectivity index is 1.68. The smallest absolute Gasteiger partial charge is 0.162 e. The van der Waals surface area contributed by atoms with Crippen LogP contribution in [0.5, 0.6) is 5.75 Å². The van der Waals surface area contributed by atoms with Gasteiger partial charge in [-0.25, -0.2) is 32.7 Å². The Morgan fingerprint density at radius 1 is 1.23 bits per heavy atom. The molecule has 0 aliphatic carbocycles. The summed E-state index contributed by atoms with van der Waals surface area (Å²) in [6.45, 7) is 1.43. The minimum atomic E-state index is -3.57. The summed E-state index contributed by atoms with van der Waals surface area (Å²) >= 11 is 0. The predicted molar refractivity (Wildman–Crippen MR) is 108 cm³/mol. The Kier molecular flexibility index (Phi) is 4.94. The normalized spacial score (nSPS) is 20.6. The number of halogens is 1. The monoisotopic (exact) mass is 431 g/mol. The molecule has 1 aliphatic heterocycles. The molecule has 156 valence electrons. The second-order valence-corrected chi connectivity index (χ2v) is 9.13. The molecule has 0 aromatic carbocycles. The van der Waals surface area contributed by atoms with E-state index in [1.54, 1.807) is 6.07 Å². The van der Waals surface area contributed by atoms with Crippen molar-refractivity contribution >= 4 is 38.3 Å².